The first kappa shape index (κ1) is 20.3. The van der Waals surface area contributed by atoms with E-state index in [2.05, 4.69) is 15.4 Å². The van der Waals surface area contributed by atoms with Gasteiger partial charge in [0, 0.05) is 11.3 Å². The molecule has 4 rings (SSSR count). The molecule has 31 heavy (non-hydrogen) atoms. The molecule has 0 aliphatic carbocycles. The maximum Gasteiger partial charge on any atom is 0.295 e. The van der Waals surface area contributed by atoms with Gasteiger partial charge in [-0.2, -0.15) is 0 Å². The number of hydrogen-bond donors (Lipinski definition) is 1. The molecule has 0 radical (unpaired) electrons. The van der Waals surface area contributed by atoms with Gasteiger partial charge in [0.05, 0.1) is 12.8 Å². The molecule has 0 aliphatic heterocycles. The maximum atomic E-state index is 13.0. The van der Waals surface area contributed by atoms with Gasteiger partial charge in [-0.1, -0.05) is 35.9 Å². The SMILES string of the molecule is COc1ccc(-n2nc(C(=O)Nc3cc(C)ccc3C)nc2-c2cccc(C)c2)cc1. The van der Waals surface area contributed by atoms with Crippen LogP contribution in [0.1, 0.15) is 27.3 Å². The number of carbonyl (C=O) groups excluding carboxylic acids is 1. The minimum atomic E-state index is -0.352. The van der Waals surface area contributed by atoms with Gasteiger partial charge in [0.15, 0.2) is 5.82 Å². The van der Waals surface area contributed by atoms with Gasteiger partial charge in [-0.15, -0.1) is 5.10 Å². The molecule has 0 bridgehead atoms. The molecule has 1 N–H and O–H groups in total. The Bertz CT molecular complexity index is 1240. The lowest BCUT2D eigenvalue weighted by atomic mass is 10.1. The van der Waals surface area contributed by atoms with E-state index in [4.69, 9.17) is 4.74 Å². The Labute approximate surface area is 181 Å². The third-order valence-corrected chi connectivity index (χ3v) is 5.04. The van der Waals surface area contributed by atoms with E-state index in [1.165, 1.54) is 0 Å². The Morgan fingerprint density at radius 2 is 1.68 bits per heavy atom. The number of nitrogens with zero attached hydrogens (tertiary/aromatic N) is 3. The van der Waals surface area contributed by atoms with Gasteiger partial charge < -0.3 is 10.1 Å². The third kappa shape index (κ3) is 4.33. The fourth-order valence-electron chi connectivity index (χ4n) is 3.33. The van der Waals surface area contributed by atoms with Crippen LogP contribution in [-0.4, -0.2) is 27.8 Å². The van der Waals surface area contributed by atoms with Crippen LogP contribution in [0.4, 0.5) is 5.69 Å². The highest BCUT2D eigenvalue weighted by Crippen LogP contribution is 2.24. The van der Waals surface area contributed by atoms with Crippen LogP contribution in [0.25, 0.3) is 17.1 Å². The highest BCUT2D eigenvalue weighted by Gasteiger charge is 2.19. The summed E-state index contributed by atoms with van der Waals surface area (Å²) in [6, 6.07) is 21.4. The predicted molar refractivity (Wildman–Crippen MR) is 122 cm³/mol. The molecular weight excluding hydrogens is 388 g/mol. The molecule has 1 amide bonds. The summed E-state index contributed by atoms with van der Waals surface area (Å²) in [6.45, 7) is 5.96. The molecule has 0 atom stereocenters. The molecule has 0 saturated carbocycles. The summed E-state index contributed by atoms with van der Waals surface area (Å²) < 4.78 is 6.94. The number of amides is 1. The smallest absolute Gasteiger partial charge is 0.295 e. The zero-order valence-electron chi connectivity index (χ0n) is 18.0. The van der Waals surface area contributed by atoms with E-state index in [0.29, 0.717) is 5.82 Å². The molecule has 4 aromatic rings. The van der Waals surface area contributed by atoms with Crippen LogP contribution in [0.5, 0.6) is 5.75 Å². The number of hydrogen-bond acceptors (Lipinski definition) is 4. The number of benzene rings is 3. The normalized spacial score (nSPS) is 10.7. The number of aromatic nitrogens is 3. The average molecular weight is 412 g/mol. The van der Waals surface area contributed by atoms with Crippen molar-refractivity contribution < 1.29 is 9.53 Å². The van der Waals surface area contributed by atoms with E-state index in [1.807, 2.05) is 87.5 Å². The lowest BCUT2D eigenvalue weighted by Crippen LogP contribution is -2.15. The summed E-state index contributed by atoms with van der Waals surface area (Å²) in [5.74, 6) is 1.09. The van der Waals surface area contributed by atoms with Gasteiger partial charge in [0.25, 0.3) is 5.91 Å². The fourth-order valence-corrected chi connectivity index (χ4v) is 3.33. The molecule has 0 saturated heterocycles. The molecule has 3 aromatic carbocycles. The first-order chi connectivity index (χ1) is 14.9. The van der Waals surface area contributed by atoms with Crippen LogP contribution in [0, 0.1) is 20.8 Å². The molecule has 1 aromatic heterocycles. The molecule has 0 spiro atoms. The summed E-state index contributed by atoms with van der Waals surface area (Å²) >= 11 is 0. The molecular formula is C25H24N4O2. The second kappa shape index (κ2) is 8.44. The molecule has 1 heterocycles. The standard InChI is InChI=1S/C25H24N4O2/c1-16-6-5-7-19(14-16)24-27-23(25(30)26-22-15-17(2)8-9-18(22)3)28-29(24)20-10-12-21(31-4)13-11-20/h5-15H,1-4H3,(H,26,30). The van der Waals surface area contributed by atoms with Crippen LogP contribution >= 0.6 is 0 Å². The molecule has 6 nitrogen and oxygen atoms in total. The first-order valence-electron chi connectivity index (χ1n) is 10.0. The number of anilines is 1. The number of aryl methyl sites for hydroxylation is 3. The minimum absolute atomic E-state index is 0.105. The number of rotatable bonds is 5. The summed E-state index contributed by atoms with van der Waals surface area (Å²) in [6.07, 6.45) is 0. The van der Waals surface area contributed by atoms with E-state index in [9.17, 15) is 4.79 Å². The average Bonchev–Trinajstić information content (AvgIpc) is 3.22. The van der Waals surface area contributed by atoms with Crippen LogP contribution in [0.3, 0.4) is 0 Å². The topological polar surface area (TPSA) is 69.0 Å². The van der Waals surface area contributed by atoms with Crippen molar-refractivity contribution in [3.8, 4) is 22.8 Å². The number of nitrogens with one attached hydrogen (secondary N) is 1. The Hall–Kier alpha value is -3.93. The van der Waals surface area contributed by atoms with Gasteiger partial charge in [0.1, 0.15) is 5.75 Å². The van der Waals surface area contributed by atoms with Crippen molar-refractivity contribution in [2.45, 2.75) is 20.8 Å². The van der Waals surface area contributed by atoms with E-state index >= 15 is 0 Å². The summed E-state index contributed by atoms with van der Waals surface area (Å²) in [5.41, 5.74) is 5.57. The van der Waals surface area contributed by atoms with Gasteiger partial charge >= 0.3 is 0 Å². The van der Waals surface area contributed by atoms with Crippen LogP contribution in [0.2, 0.25) is 0 Å². The van der Waals surface area contributed by atoms with Crippen LogP contribution < -0.4 is 10.1 Å². The second-order valence-electron chi connectivity index (χ2n) is 7.51. The summed E-state index contributed by atoms with van der Waals surface area (Å²) in [4.78, 5) is 17.6. The highest BCUT2D eigenvalue weighted by atomic mass is 16.5. The fraction of sp³-hybridized carbons (Fsp3) is 0.160. The van der Waals surface area contributed by atoms with Crippen molar-refractivity contribution in [1.82, 2.24) is 14.8 Å². The lowest BCUT2D eigenvalue weighted by molar-refractivity contribution is 0.101. The van der Waals surface area contributed by atoms with Crippen molar-refractivity contribution in [3.63, 3.8) is 0 Å². The van der Waals surface area contributed by atoms with Gasteiger partial charge in [-0.25, -0.2) is 9.67 Å². The van der Waals surface area contributed by atoms with E-state index in [0.717, 1.165) is 39.4 Å². The van der Waals surface area contributed by atoms with Crippen LogP contribution in [0.15, 0.2) is 66.7 Å². The van der Waals surface area contributed by atoms with Crippen LogP contribution in [-0.2, 0) is 0 Å². The van der Waals surface area contributed by atoms with Gasteiger partial charge in [0.2, 0.25) is 5.82 Å². The Balaban J connectivity index is 1.76. The van der Waals surface area contributed by atoms with Gasteiger partial charge in [-0.05, 0) is 68.3 Å². The largest absolute Gasteiger partial charge is 0.497 e. The maximum absolute atomic E-state index is 13.0. The van der Waals surface area contributed by atoms with Crippen molar-refractivity contribution >= 4 is 11.6 Å². The Morgan fingerprint density at radius 1 is 0.935 bits per heavy atom. The Kier molecular flexibility index (Phi) is 5.54. The van der Waals surface area contributed by atoms with Crippen molar-refractivity contribution in [3.05, 3.63) is 89.2 Å². The van der Waals surface area contributed by atoms with Gasteiger partial charge in [-0.3, -0.25) is 4.79 Å². The third-order valence-electron chi connectivity index (χ3n) is 5.04. The monoisotopic (exact) mass is 412 g/mol. The first-order valence-corrected chi connectivity index (χ1v) is 10.0. The molecule has 0 unspecified atom stereocenters. The zero-order valence-corrected chi connectivity index (χ0v) is 18.0. The molecule has 0 aliphatic rings. The van der Waals surface area contributed by atoms with E-state index in [-0.39, 0.29) is 11.7 Å². The zero-order chi connectivity index (χ0) is 22.0. The molecule has 156 valence electrons. The summed E-state index contributed by atoms with van der Waals surface area (Å²) in [7, 11) is 1.62. The van der Waals surface area contributed by atoms with Crippen molar-refractivity contribution in [1.29, 1.82) is 0 Å². The number of ether oxygens (including phenoxy) is 1. The lowest BCUT2D eigenvalue weighted by Gasteiger charge is -2.08. The quantitative estimate of drug-likeness (QED) is 0.494. The predicted octanol–water partition coefficient (Wildman–Crippen LogP) is 5.12. The number of methoxy groups -OCH3 is 1. The van der Waals surface area contributed by atoms with E-state index < -0.39 is 0 Å². The van der Waals surface area contributed by atoms with Crippen molar-refractivity contribution in [2.75, 3.05) is 12.4 Å². The minimum Gasteiger partial charge on any atom is -0.497 e. The van der Waals surface area contributed by atoms with E-state index in [1.54, 1.807) is 11.8 Å². The molecule has 0 fully saturated rings. The molecule has 6 heteroatoms. The number of carbonyl (C=O) groups is 1. The van der Waals surface area contributed by atoms with Crippen molar-refractivity contribution in [2.24, 2.45) is 0 Å². The summed E-state index contributed by atoms with van der Waals surface area (Å²) in [5, 5.41) is 7.49. The highest BCUT2D eigenvalue weighted by molar-refractivity contribution is 6.02. The Morgan fingerprint density at radius 3 is 2.39 bits per heavy atom. The second-order valence-corrected chi connectivity index (χ2v) is 7.51.